The molecular formula is C11H17NO4. The Kier molecular flexibility index (Phi) is 3.43. The smallest absolute Gasteiger partial charge is 0.305 e. The fourth-order valence-corrected chi connectivity index (χ4v) is 1.62. The standard InChI is InChI=1S/C11H17NO4/c1-15-9(13)5-4-8-10(16-8)11(14)12-6-7-2-3-7/h7-8,10H,2-6H2,1H3,(H,12,14). The lowest BCUT2D eigenvalue weighted by Crippen LogP contribution is -2.30. The maximum atomic E-state index is 11.5. The highest BCUT2D eigenvalue weighted by Gasteiger charge is 2.44. The molecule has 2 fully saturated rings. The SMILES string of the molecule is COC(=O)CCC1OC1C(=O)NCC1CC1. The van der Waals surface area contributed by atoms with Crippen molar-refractivity contribution in [3.8, 4) is 0 Å². The molecule has 1 aliphatic heterocycles. The third kappa shape index (κ3) is 3.20. The summed E-state index contributed by atoms with van der Waals surface area (Å²) in [4.78, 5) is 22.4. The highest BCUT2D eigenvalue weighted by molar-refractivity contribution is 5.83. The first-order valence-electron chi connectivity index (χ1n) is 5.70. The van der Waals surface area contributed by atoms with Crippen molar-refractivity contribution in [2.75, 3.05) is 13.7 Å². The Labute approximate surface area is 94.5 Å². The summed E-state index contributed by atoms with van der Waals surface area (Å²) in [5.41, 5.74) is 0. The fourth-order valence-electron chi connectivity index (χ4n) is 1.62. The van der Waals surface area contributed by atoms with Gasteiger partial charge in [-0.25, -0.2) is 0 Å². The second-order valence-electron chi connectivity index (χ2n) is 4.40. The Morgan fingerprint density at radius 1 is 1.44 bits per heavy atom. The van der Waals surface area contributed by atoms with Crippen LogP contribution < -0.4 is 5.32 Å². The van der Waals surface area contributed by atoms with Crippen LogP contribution in [0.15, 0.2) is 0 Å². The number of esters is 1. The van der Waals surface area contributed by atoms with E-state index in [-0.39, 0.29) is 24.1 Å². The number of ether oxygens (including phenoxy) is 2. The summed E-state index contributed by atoms with van der Waals surface area (Å²) in [6, 6.07) is 0. The van der Waals surface area contributed by atoms with Gasteiger partial charge in [-0.15, -0.1) is 0 Å². The van der Waals surface area contributed by atoms with Crippen LogP contribution >= 0.6 is 0 Å². The molecule has 1 saturated carbocycles. The Morgan fingerprint density at radius 3 is 2.81 bits per heavy atom. The molecule has 1 aliphatic carbocycles. The van der Waals surface area contributed by atoms with Crippen molar-refractivity contribution in [2.24, 2.45) is 5.92 Å². The van der Waals surface area contributed by atoms with Crippen LogP contribution in [0.4, 0.5) is 0 Å². The van der Waals surface area contributed by atoms with E-state index < -0.39 is 0 Å². The van der Waals surface area contributed by atoms with Crippen LogP contribution in [0.1, 0.15) is 25.7 Å². The fraction of sp³-hybridized carbons (Fsp3) is 0.818. The highest BCUT2D eigenvalue weighted by atomic mass is 16.6. The first-order chi connectivity index (χ1) is 7.70. The number of rotatable bonds is 6. The molecule has 1 heterocycles. The van der Waals surface area contributed by atoms with Gasteiger partial charge in [-0.2, -0.15) is 0 Å². The van der Waals surface area contributed by atoms with Crippen molar-refractivity contribution in [3.05, 3.63) is 0 Å². The van der Waals surface area contributed by atoms with Crippen molar-refractivity contribution in [1.29, 1.82) is 0 Å². The van der Waals surface area contributed by atoms with Gasteiger partial charge in [0, 0.05) is 13.0 Å². The third-order valence-electron chi connectivity index (χ3n) is 2.96. The van der Waals surface area contributed by atoms with Crippen molar-refractivity contribution >= 4 is 11.9 Å². The molecule has 2 aliphatic rings. The number of nitrogens with one attached hydrogen (secondary N) is 1. The van der Waals surface area contributed by atoms with Crippen LogP contribution in [0, 0.1) is 5.92 Å². The number of hydrogen-bond donors (Lipinski definition) is 1. The predicted molar refractivity (Wildman–Crippen MR) is 55.6 cm³/mol. The van der Waals surface area contributed by atoms with Gasteiger partial charge in [-0.1, -0.05) is 0 Å². The largest absolute Gasteiger partial charge is 0.469 e. The third-order valence-corrected chi connectivity index (χ3v) is 2.96. The lowest BCUT2D eigenvalue weighted by Gasteiger charge is -2.00. The minimum Gasteiger partial charge on any atom is -0.469 e. The van der Waals surface area contributed by atoms with Gasteiger partial charge in [-0.3, -0.25) is 9.59 Å². The minimum atomic E-state index is -0.344. The molecule has 0 spiro atoms. The summed E-state index contributed by atoms with van der Waals surface area (Å²) in [5.74, 6) is 0.380. The summed E-state index contributed by atoms with van der Waals surface area (Å²) in [5, 5.41) is 2.86. The molecular weight excluding hydrogens is 210 g/mol. The molecule has 5 heteroatoms. The molecule has 0 aromatic carbocycles. The molecule has 0 radical (unpaired) electrons. The summed E-state index contributed by atoms with van der Waals surface area (Å²) in [7, 11) is 1.36. The lowest BCUT2D eigenvalue weighted by atomic mass is 10.2. The Hall–Kier alpha value is -1.10. The Balaban J connectivity index is 1.58. The highest BCUT2D eigenvalue weighted by Crippen LogP contribution is 2.29. The molecule has 0 bridgehead atoms. The minimum absolute atomic E-state index is 0.0400. The van der Waals surface area contributed by atoms with Gasteiger partial charge < -0.3 is 14.8 Å². The lowest BCUT2D eigenvalue weighted by molar-refractivity contribution is -0.140. The number of methoxy groups -OCH3 is 1. The molecule has 2 rings (SSSR count). The first-order valence-corrected chi connectivity index (χ1v) is 5.70. The first kappa shape index (κ1) is 11.4. The van der Waals surface area contributed by atoms with Gasteiger partial charge in [0.15, 0.2) is 6.10 Å². The zero-order valence-corrected chi connectivity index (χ0v) is 9.40. The monoisotopic (exact) mass is 227 g/mol. The Morgan fingerprint density at radius 2 is 2.19 bits per heavy atom. The topological polar surface area (TPSA) is 67.9 Å². The molecule has 16 heavy (non-hydrogen) atoms. The number of hydrogen-bond acceptors (Lipinski definition) is 4. The zero-order valence-electron chi connectivity index (χ0n) is 9.40. The molecule has 5 nitrogen and oxygen atoms in total. The maximum Gasteiger partial charge on any atom is 0.305 e. The van der Waals surface area contributed by atoms with Gasteiger partial charge in [0.2, 0.25) is 0 Å². The predicted octanol–water partition coefficient (Wildman–Crippen LogP) is 0.233. The summed E-state index contributed by atoms with van der Waals surface area (Å²) >= 11 is 0. The normalized spacial score (nSPS) is 27.3. The van der Waals surface area contributed by atoms with Gasteiger partial charge in [0.25, 0.3) is 5.91 Å². The molecule has 1 amide bonds. The van der Waals surface area contributed by atoms with Crippen molar-refractivity contribution < 1.29 is 19.1 Å². The van der Waals surface area contributed by atoms with Crippen LogP contribution in [-0.2, 0) is 19.1 Å². The molecule has 2 unspecified atom stereocenters. The van der Waals surface area contributed by atoms with Gasteiger partial charge in [0.1, 0.15) is 0 Å². The average molecular weight is 227 g/mol. The van der Waals surface area contributed by atoms with Crippen LogP contribution in [0.25, 0.3) is 0 Å². The van der Waals surface area contributed by atoms with E-state index in [0.717, 1.165) is 6.54 Å². The van der Waals surface area contributed by atoms with E-state index >= 15 is 0 Å². The number of carbonyl (C=O) groups excluding carboxylic acids is 2. The van der Waals surface area contributed by atoms with E-state index in [2.05, 4.69) is 10.1 Å². The molecule has 0 aromatic rings. The van der Waals surface area contributed by atoms with Crippen LogP contribution in [0.2, 0.25) is 0 Å². The summed E-state index contributed by atoms with van der Waals surface area (Å²) in [6.07, 6.45) is 2.87. The number of amides is 1. The van der Waals surface area contributed by atoms with Crippen molar-refractivity contribution in [3.63, 3.8) is 0 Å². The van der Waals surface area contributed by atoms with E-state index in [0.29, 0.717) is 18.8 Å². The average Bonchev–Trinajstić information content (AvgIpc) is 3.15. The quantitative estimate of drug-likeness (QED) is 0.521. The molecule has 1 saturated heterocycles. The molecule has 2 atom stereocenters. The maximum absolute atomic E-state index is 11.5. The molecule has 0 aromatic heterocycles. The van der Waals surface area contributed by atoms with Crippen LogP contribution in [0.3, 0.4) is 0 Å². The van der Waals surface area contributed by atoms with E-state index in [1.165, 1.54) is 20.0 Å². The summed E-state index contributed by atoms with van der Waals surface area (Å²) < 4.78 is 9.72. The van der Waals surface area contributed by atoms with E-state index in [4.69, 9.17) is 4.74 Å². The Bertz CT molecular complexity index is 288. The van der Waals surface area contributed by atoms with Gasteiger partial charge in [0.05, 0.1) is 13.2 Å². The zero-order chi connectivity index (χ0) is 11.5. The van der Waals surface area contributed by atoms with E-state index in [1.807, 2.05) is 0 Å². The van der Waals surface area contributed by atoms with E-state index in [9.17, 15) is 9.59 Å². The van der Waals surface area contributed by atoms with Gasteiger partial charge >= 0.3 is 5.97 Å². The molecule has 1 N–H and O–H groups in total. The van der Waals surface area contributed by atoms with Crippen molar-refractivity contribution in [1.82, 2.24) is 5.32 Å². The summed E-state index contributed by atoms with van der Waals surface area (Å²) in [6.45, 7) is 0.766. The second kappa shape index (κ2) is 4.82. The van der Waals surface area contributed by atoms with E-state index in [1.54, 1.807) is 0 Å². The second-order valence-corrected chi connectivity index (χ2v) is 4.40. The van der Waals surface area contributed by atoms with Crippen LogP contribution in [0.5, 0.6) is 0 Å². The molecule has 90 valence electrons. The van der Waals surface area contributed by atoms with Crippen molar-refractivity contribution in [2.45, 2.75) is 37.9 Å². The number of carbonyl (C=O) groups is 2. The number of epoxide rings is 1. The van der Waals surface area contributed by atoms with Gasteiger partial charge in [-0.05, 0) is 25.2 Å². The van der Waals surface area contributed by atoms with Crippen LogP contribution in [-0.4, -0.2) is 37.7 Å².